The number of pyridine rings is 1. The van der Waals surface area contributed by atoms with E-state index in [9.17, 15) is 0 Å². The number of fused-ring (bicyclic) bond motifs is 3. The molecular formula is C24H24N8. The molecule has 32 heavy (non-hydrogen) atoms. The number of nitrogens with two attached hydrogens (primary N) is 1. The Balaban J connectivity index is 1.16. The van der Waals surface area contributed by atoms with Gasteiger partial charge in [-0.2, -0.15) is 5.10 Å². The highest BCUT2D eigenvalue weighted by Crippen LogP contribution is 2.50. The molecule has 8 nitrogen and oxygen atoms in total. The van der Waals surface area contributed by atoms with Crippen molar-refractivity contribution in [1.29, 1.82) is 0 Å². The molecule has 7 rings (SSSR count). The van der Waals surface area contributed by atoms with Crippen molar-refractivity contribution in [3.05, 3.63) is 65.6 Å². The predicted octanol–water partition coefficient (Wildman–Crippen LogP) is 2.89. The summed E-state index contributed by atoms with van der Waals surface area (Å²) in [6, 6.07) is 12.7. The number of rotatable bonds is 2. The molecule has 0 bridgehead atoms. The average Bonchev–Trinajstić information content (AvgIpc) is 3.36. The molecule has 1 saturated heterocycles. The maximum atomic E-state index is 6.65. The number of hydrogen-bond acceptors (Lipinski definition) is 7. The van der Waals surface area contributed by atoms with Crippen LogP contribution in [-0.4, -0.2) is 44.8 Å². The van der Waals surface area contributed by atoms with Crippen LogP contribution in [0.4, 0.5) is 17.3 Å². The van der Waals surface area contributed by atoms with E-state index in [4.69, 9.17) is 15.7 Å². The number of benzene rings is 1. The molecule has 1 spiro atoms. The Morgan fingerprint density at radius 3 is 2.91 bits per heavy atom. The van der Waals surface area contributed by atoms with E-state index < -0.39 is 0 Å². The molecule has 1 fully saturated rings. The first-order chi connectivity index (χ1) is 15.7. The molecule has 1 aromatic carbocycles. The number of nitrogens with one attached hydrogen (secondary N) is 1. The van der Waals surface area contributed by atoms with Gasteiger partial charge in [-0.3, -0.25) is 10.1 Å². The van der Waals surface area contributed by atoms with Crippen molar-refractivity contribution >= 4 is 28.5 Å². The topological polar surface area (TPSA) is 99.9 Å². The number of aromatic amines is 1. The Kier molecular flexibility index (Phi) is 3.67. The molecule has 3 aliphatic rings. The first kappa shape index (κ1) is 18.1. The molecular weight excluding hydrogens is 400 g/mol. The zero-order valence-electron chi connectivity index (χ0n) is 17.7. The van der Waals surface area contributed by atoms with Crippen LogP contribution in [0.1, 0.15) is 29.3 Å². The van der Waals surface area contributed by atoms with E-state index in [-0.39, 0.29) is 11.5 Å². The minimum absolute atomic E-state index is 0.0816. The number of hydrogen-bond donors (Lipinski definition) is 2. The fraction of sp³-hybridized carbons (Fsp3) is 0.333. The van der Waals surface area contributed by atoms with Crippen molar-refractivity contribution < 1.29 is 0 Å². The molecule has 3 N–H and O–H groups in total. The summed E-state index contributed by atoms with van der Waals surface area (Å²) in [6.07, 6.45) is 6.80. The third-order valence-corrected chi connectivity index (χ3v) is 7.38. The summed E-state index contributed by atoms with van der Waals surface area (Å²) in [4.78, 5) is 18.7. The lowest BCUT2D eigenvalue weighted by molar-refractivity contribution is 0.181. The van der Waals surface area contributed by atoms with Gasteiger partial charge in [0.15, 0.2) is 17.0 Å². The highest BCUT2D eigenvalue weighted by molar-refractivity contribution is 5.87. The van der Waals surface area contributed by atoms with Gasteiger partial charge in [-0.1, -0.05) is 24.3 Å². The van der Waals surface area contributed by atoms with E-state index in [1.54, 1.807) is 0 Å². The zero-order valence-corrected chi connectivity index (χ0v) is 17.7. The van der Waals surface area contributed by atoms with Crippen LogP contribution in [0.2, 0.25) is 0 Å². The van der Waals surface area contributed by atoms with Crippen molar-refractivity contribution in [3.63, 3.8) is 0 Å². The monoisotopic (exact) mass is 424 g/mol. The predicted molar refractivity (Wildman–Crippen MR) is 123 cm³/mol. The molecule has 0 saturated carbocycles. The molecule has 160 valence electrons. The van der Waals surface area contributed by atoms with Crippen LogP contribution in [0.25, 0.3) is 11.2 Å². The quantitative estimate of drug-likeness (QED) is 0.510. The summed E-state index contributed by atoms with van der Waals surface area (Å²) in [5.74, 6) is 1.70. The van der Waals surface area contributed by atoms with Crippen LogP contribution >= 0.6 is 0 Å². The molecule has 0 unspecified atom stereocenters. The number of aryl methyl sites for hydroxylation is 1. The Bertz CT molecular complexity index is 1340. The highest BCUT2D eigenvalue weighted by atomic mass is 15.3. The second kappa shape index (κ2) is 6.49. The van der Waals surface area contributed by atoms with Gasteiger partial charge < -0.3 is 15.5 Å². The molecule has 1 atom stereocenters. The number of nitrogens with zero attached hydrogens (tertiary/aromatic N) is 6. The maximum absolute atomic E-state index is 6.65. The fourth-order valence-electron chi connectivity index (χ4n) is 5.74. The van der Waals surface area contributed by atoms with Crippen molar-refractivity contribution in [3.8, 4) is 0 Å². The molecule has 0 radical (unpaired) electrons. The molecule has 8 heteroatoms. The van der Waals surface area contributed by atoms with Crippen molar-refractivity contribution in [1.82, 2.24) is 25.1 Å². The van der Waals surface area contributed by atoms with E-state index in [0.717, 1.165) is 67.4 Å². The van der Waals surface area contributed by atoms with Crippen LogP contribution in [0, 0.1) is 5.41 Å². The SMILES string of the molecule is N[C@@H]1c2ccccc2CC12CN(c1cnc3c(N4CCCc5ncccc54)n[nH]c3n1)C2. The Morgan fingerprint density at radius 2 is 2.00 bits per heavy atom. The van der Waals surface area contributed by atoms with E-state index >= 15 is 0 Å². The summed E-state index contributed by atoms with van der Waals surface area (Å²) in [5.41, 5.74) is 13.2. The van der Waals surface area contributed by atoms with E-state index in [0.29, 0.717) is 5.65 Å². The van der Waals surface area contributed by atoms with Gasteiger partial charge in [-0.05, 0) is 42.5 Å². The smallest absolute Gasteiger partial charge is 0.183 e. The molecule has 1 aliphatic carbocycles. The lowest BCUT2D eigenvalue weighted by Gasteiger charge is -2.51. The first-order valence-corrected chi connectivity index (χ1v) is 11.2. The Labute approximate surface area is 185 Å². The lowest BCUT2D eigenvalue weighted by atomic mass is 9.74. The molecule has 4 aromatic rings. The summed E-state index contributed by atoms with van der Waals surface area (Å²) in [7, 11) is 0. The zero-order chi connectivity index (χ0) is 21.3. The van der Waals surface area contributed by atoms with Gasteiger partial charge in [0.1, 0.15) is 5.82 Å². The Hall–Kier alpha value is -3.52. The van der Waals surface area contributed by atoms with E-state index in [1.165, 1.54) is 11.1 Å². The highest BCUT2D eigenvalue weighted by Gasteiger charge is 2.52. The van der Waals surface area contributed by atoms with Crippen LogP contribution in [-0.2, 0) is 12.8 Å². The summed E-state index contributed by atoms with van der Waals surface area (Å²) >= 11 is 0. The minimum atomic E-state index is 0.0816. The van der Waals surface area contributed by atoms with Crippen LogP contribution in [0.3, 0.4) is 0 Å². The van der Waals surface area contributed by atoms with Crippen LogP contribution in [0.15, 0.2) is 48.8 Å². The first-order valence-electron chi connectivity index (χ1n) is 11.2. The molecule has 2 aliphatic heterocycles. The molecule has 3 aromatic heterocycles. The number of H-pyrrole nitrogens is 1. The van der Waals surface area contributed by atoms with Gasteiger partial charge in [-0.15, -0.1) is 0 Å². The Morgan fingerprint density at radius 1 is 1.09 bits per heavy atom. The van der Waals surface area contributed by atoms with Gasteiger partial charge in [0, 0.05) is 37.3 Å². The van der Waals surface area contributed by atoms with Crippen molar-refractivity contribution in [2.75, 3.05) is 29.4 Å². The van der Waals surface area contributed by atoms with Crippen molar-refractivity contribution in [2.24, 2.45) is 11.1 Å². The van der Waals surface area contributed by atoms with Gasteiger partial charge in [0.05, 0.1) is 17.6 Å². The average molecular weight is 425 g/mol. The van der Waals surface area contributed by atoms with Gasteiger partial charge in [0.2, 0.25) is 0 Å². The van der Waals surface area contributed by atoms with Gasteiger partial charge in [0.25, 0.3) is 0 Å². The summed E-state index contributed by atoms with van der Waals surface area (Å²) < 4.78 is 0. The molecule has 0 amide bonds. The summed E-state index contributed by atoms with van der Waals surface area (Å²) in [6.45, 7) is 2.69. The summed E-state index contributed by atoms with van der Waals surface area (Å²) in [5, 5.41) is 7.69. The minimum Gasteiger partial charge on any atom is -0.354 e. The third-order valence-electron chi connectivity index (χ3n) is 7.38. The standard InChI is InChI=1S/C24H24N8/c25-21-16-6-2-1-5-15(16)11-24(21)13-31(14-24)19-12-27-20-22(28-19)29-30-23(20)32-10-4-7-17-18(32)8-3-9-26-17/h1-3,5-6,8-9,12,21H,4,7,10-11,13-14,25H2,(H,28,29,30)/t21-/m1/s1. The third kappa shape index (κ3) is 2.47. The lowest BCUT2D eigenvalue weighted by Crippen LogP contribution is -2.60. The van der Waals surface area contributed by atoms with E-state index in [1.807, 2.05) is 18.5 Å². The second-order valence-electron chi connectivity index (χ2n) is 9.27. The van der Waals surface area contributed by atoms with Gasteiger partial charge >= 0.3 is 0 Å². The second-order valence-corrected chi connectivity index (χ2v) is 9.27. The largest absolute Gasteiger partial charge is 0.354 e. The molecule has 5 heterocycles. The van der Waals surface area contributed by atoms with E-state index in [2.05, 4.69) is 55.3 Å². The maximum Gasteiger partial charge on any atom is 0.183 e. The normalized spacial score (nSPS) is 21.0. The van der Waals surface area contributed by atoms with Crippen LogP contribution < -0.4 is 15.5 Å². The van der Waals surface area contributed by atoms with Crippen LogP contribution in [0.5, 0.6) is 0 Å². The van der Waals surface area contributed by atoms with Gasteiger partial charge in [-0.25, -0.2) is 9.97 Å². The van der Waals surface area contributed by atoms with Crippen molar-refractivity contribution in [2.45, 2.75) is 25.3 Å². The number of aromatic nitrogens is 5. The number of anilines is 3. The fourth-order valence-corrected chi connectivity index (χ4v) is 5.74.